The largest absolute Gasteiger partial charge is 0.454 e. The van der Waals surface area contributed by atoms with Crippen LogP contribution in [-0.2, 0) is 6.54 Å². The first-order chi connectivity index (χ1) is 13.7. The molecule has 28 heavy (non-hydrogen) atoms. The van der Waals surface area contributed by atoms with Gasteiger partial charge in [-0.3, -0.25) is 4.79 Å². The highest BCUT2D eigenvalue weighted by atomic mass is 19.1. The van der Waals surface area contributed by atoms with Gasteiger partial charge in [-0.1, -0.05) is 30.3 Å². The molecule has 0 aliphatic carbocycles. The summed E-state index contributed by atoms with van der Waals surface area (Å²) in [5, 5.41) is 3.38. The van der Waals surface area contributed by atoms with Crippen molar-refractivity contribution in [3.8, 4) is 11.5 Å². The summed E-state index contributed by atoms with van der Waals surface area (Å²) in [7, 11) is 0. The lowest BCUT2D eigenvalue weighted by Crippen LogP contribution is -2.42. The number of nitrogens with zero attached hydrogens (tertiary/aromatic N) is 1. The minimum atomic E-state index is -0.483. The smallest absolute Gasteiger partial charge is 0.258 e. The highest BCUT2D eigenvalue weighted by Gasteiger charge is 2.33. The number of rotatable bonds is 3. The van der Waals surface area contributed by atoms with E-state index in [0.29, 0.717) is 29.2 Å². The standard InChI is InChI=1S/C22H17FN2O3/c23-16-5-3-4-15(11-16)21-24-18-7-2-1-6-17(18)22(26)25(21)12-14-8-9-19-20(10-14)28-13-27-19/h1-11,21,24H,12-13H2. The molecule has 2 aliphatic rings. The molecule has 2 aliphatic heterocycles. The van der Waals surface area contributed by atoms with Crippen molar-refractivity contribution in [3.63, 3.8) is 0 Å². The van der Waals surface area contributed by atoms with Crippen molar-refractivity contribution in [1.29, 1.82) is 0 Å². The van der Waals surface area contributed by atoms with Crippen LogP contribution in [0.15, 0.2) is 66.7 Å². The third-order valence-electron chi connectivity index (χ3n) is 4.98. The Morgan fingerprint density at radius 3 is 2.75 bits per heavy atom. The number of para-hydroxylation sites is 1. The van der Waals surface area contributed by atoms with E-state index in [1.807, 2.05) is 42.5 Å². The van der Waals surface area contributed by atoms with E-state index in [4.69, 9.17) is 9.47 Å². The van der Waals surface area contributed by atoms with E-state index in [0.717, 1.165) is 11.3 Å². The molecule has 3 aromatic carbocycles. The highest BCUT2D eigenvalue weighted by Crippen LogP contribution is 2.37. The molecule has 0 aromatic heterocycles. The molecule has 1 amide bonds. The lowest BCUT2D eigenvalue weighted by molar-refractivity contribution is 0.0666. The fourth-order valence-corrected chi connectivity index (χ4v) is 3.63. The van der Waals surface area contributed by atoms with Gasteiger partial charge in [-0.25, -0.2) is 4.39 Å². The fraction of sp³-hybridized carbons (Fsp3) is 0.136. The third-order valence-corrected chi connectivity index (χ3v) is 4.98. The van der Waals surface area contributed by atoms with Gasteiger partial charge < -0.3 is 19.7 Å². The summed E-state index contributed by atoms with van der Waals surface area (Å²) in [5.41, 5.74) is 2.92. The average Bonchev–Trinajstić information content (AvgIpc) is 3.18. The summed E-state index contributed by atoms with van der Waals surface area (Å²) < 4.78 is 24.7. The molecule has 140 valence electrons. The predicted molar refractivity (Wildman–Crippen MR) is 102 cm³/mol. The summed E-state index contributed by atoms with van der Waals surface area (Å²) in [6.07, 6.45) is -0.483. The topological polar surface area (TPSA) is 50.8 Å². The SMILES string of the molecule is O=C1c2ccccc2NC(c2cccc(F)c2)N1Cc1ccc2c(c1)OCO2. The second-order valence-electron chi connectivity index (χ2n) is 6.77. The second-order valence-corrected chi connectivity index (χ2v) is 6.77. The third kappa shape index (κ3) is 2.83. The van der Waals surface area contributed by atoms with Crippen LogP contribution in [0, 0.1) is 5.82 Å². The molecule has 1 unspecified atom stereocenters. The minimum Gasteiger partial charge on any atom is -0.454 e. The van der Waals surface area contributed by atoms with Gasteiger partial charge in [0, 0.05) is 12.2 Å². The van der Waals surface area contributed by atoms with Crippen LogP contribution in [0.4, 0.5) is 10.1 Å². The number of benzene rings is 3. The molecule has 6 heteroatoms. The molecule has 3 aromatic rings. The van der Waals surface area contributed by atoms with Crippen LogP contribution in [0.3, 0.4) is 0 Å². The summed E-state index contributed by atoms with van der Waals surface area (Å²) in [5.74, 6) is 0.909. The number of amides is 1. The van der Waals surface area contributed by atoms with E-state index in [1.54, 1.807) is 17.0 Å². The fourth-order valence-electron chi connectivity index (χ4n) is 3.63. The number of hydrogen-bond donors (Lipinski definition) is 1. The van der Waals surface area contributed by atoms with Crippen molar-refractivity contribution >= 4 is 11.6 Å². The van der Waals surface area contributed by atoms with Gasteiger partial charge in [0.2, 0.25) is 6.79 Å². The van der Waals surface area contributed by atoms with Crippen molar-refractivity contribution in [1.82, 2.24) is 4.90 Å². The normalized spacial score (nSPS) is 17.2. The Morgan fingerprint density at radius 2 is 1.86 bits per heavy atom. The molecule has 1 atom stereocenters. The summed E-state index contributed by atoms with van der Waals surface area (Å²) in [4.78, 5) is 15.0. The number of anilines is 1. The zero-order chi connectivity index (χ0) is 19.1. The maximum Gasteiger partial charge on any atom is 0.258 e. The number of fused-ring (bicyclic) bond motifs is 2. The van der Waals surface area contributed by atoms with Gasteiger partial charge >= 0.3 is 0 Å². The zero-order valence-electron chi connectivity index (χ0n) is 14.9. The molecule has 5 rings (SSSR count). The summed E-state index contributed by atoms with van der Waals surface area (Å²) in [6, 6.07) is 19.3. The lowest BCUT2D eigenvalue weighted by atomic mass is 10.0. The monoisotopic (exact) mass is 376 g/mol. The van der Waals surface area contributed by atoms with Crippen LogP contribution in [0.2, 0.25) is 0 Å². The molecule has 1 N–H and O–H groups in total. The molecule has 0 saturated carbocycles. The van der Waals surface area contributed by atoms with Crippen LogP contribution in [-0.4, -0.2) is 17.6 Å². The Hall–Kier alpha value is -3.54. The molecular weight excluding hydrogens is 359 g/mol. The molecule has 0 fully saturated rings. The van der Waals surface area contributed by atoms with Gasteiger partial charge in [0.05, 0.1) is 5.56 Å². The molecule has 2 heterocycles. The Kier molecular flexibility index (Phi) is 3.90. The molecule has 0 saturated heterocycles. The number of ether oxygens (including phenoxy) is 2. The first kappa shape index (κ1) is 16.6. The Morgan fingerprint density at radius 1 is 1.00 bits per heavy atom. The van der Waals surface area contributed by atoms with E-state index in [1.165, 1.54) is 12.1 Å². The van der Waals surface area contributed by atoms with Gasteiger partial charge in [0.15, 0.2) is 11.5 Å². The number of hydrogen-bond acceptors (Lipinski definition) is 4. The Bertz CT molecular complexity index is 1070. The van der Waals surface area contributed by atoms with Gasteiger partial charge in [-0.05, 0) is 47.5 Å². The number of halogens is 1. The van der Waals surface area contributed by atoms with Crippen molar-refractivity contribution in [3.05, 3.63) is 89.2 Å². The van der Waals surface area contributed by atoms with E-state index < -0.39 is 6.17 Å². The number of nitrogens with one attached hydrogen (secondary N) is 1. The van der Waals surface area contributed by atoms with Crippen LogP contribution in [0.25, 0.3) is 0 Å². The molecule has 0 bridgehead atoms. The van der Waals surface area contributed by atoms with E-state index >= 15 is 0 Å². The number of carbonyl (C=O) groups is 1. The molecule has 0 spiro atoms. The Labute approximate surface area is 161 Å². The maximum absolute atomic E-state index is 13.9. The maximum atomic E-state index is 13.9. The van der Waals surface area contributed by atoms with Crippen LogP contribution >= 0.6 is 0 Å². The zero-order valence-corrected chi connectivity index (χ0v) is 14.9. The van der Waals surface area contributed by atoms with E-state index in [2.05, 4.69) is 5.32 Å². The van der Waals surface area contributed by atoms with Crippen molar-refractivity contribution < 1.29 is 18.7 Å². The predicted octanol–water partition coefficient (Wildman–Crippen LogP) is 4.32. The number of carbonyl (C=O) groups excluding carboxylic acids is 1. The van der Waals surface area contributed by atoms with E-state index in [9.17, 15) is 9.18 Å². The van der Waals surface area contributed by atoms with Crippen molar-refractivity contribution in [2.24, 2.45) is 0 Å². The Balaban J connectivity index is 1.54. The first-order valence-electron chi connectivity index (χ1n) is 8.99. The van der Waals surface area contributed by atoms with Gasteiger partial charge in [0.1, 0.15) is 12.0 Å². The van der Waals surface area contributed by atoms with Crippen LogP contribution in [0.1, 0.15) is 27.7 Å². The van der Waals surface area contributed by atoms with Gasteiger partial charge in [-0.15, -0.1) is 0 Å². The average molecular weight is 376 g/mol. The minimum absolute atomic E-state index is 0.110. The highest BCUT2D eigenvalue weighted by molar-refractivity contribution is 6.01. The van der Waals surface area contributed by atoms with E-state index in [-0.39, 0.29) is 18.5 Å². The van der Waals surface area contributed by atoms with Gasteiger partial charge in [-0.2, -0.15) is 0 Å². The molecular formula is C22H17FN2O3. The van der Waals surface area contributed by atoms with Crippen LogP contribution in [0.5, 0.6) is 11.5 Å². The second kappa shape index (κ2) is 6.56. The molecule has 0 radical (unpaired) electrons. The van der Waals surface area contributed by atoms with Crippen molar-refractivity contribution in [2.45, 2.75) is 12.7 Å². The lowest BCUT2D eigenvalue weighted by Gasteiger charge is -2.38. The first-order valence-corrected chi connectivity index (χ1v) is 8.99. The van der Waals surface area contributed by atoms with Crippen molar-refractivity contribution in [2.75, 3.05) is 12.1 Å². The van der Waals surface area contributed by atoms with Gasteiger partial charge in [0.25, 0.3) is 5.91 Å². The summed E-state index contributed by atoms with van der Waals surface area (Å²) in [6.45, 7) is 0.542. The molecule has 5 nitrogen and oxygen atoms in total. The quantitative estimate of drug-likeness (QED) is 0.740. The van der Waals surface area contributed by atoms with Crippen LogP contribution < -0.4 is 14.8 Å². The summed E-state index contributed by atoms with van der Waals surface area (Å²) >= 11 is 0.